The van der Waals surface area contributed by atoms with Crippen LogP contribution in [0.2, 0.25) is 0 Å². The molecule has 0 aromatic carbocycles. The van der Waals surface area contributed by atoms with Crippen LogP contribution in [0.1, 0.15) is 0 Å². The minimum atomic E-state index is -0.981. The zero-order valence-electron chi connectivity index (χ0n) is 3.35. The molecule has 0 spiro atoms. The van der Waals surface area contributed by atoms with Crippen molar-refractivity contribution in [3.8, 4) is 0 Å². The van der Waals surface area contributed by atoms with Crippen molar-refractivity contribution >= 4 is 5.97 Å². The number of rotatable bonds is 1. The molecule has 0 aliphatic carbocycles. The molecule has 0 amide bonds. The van der Waals surface area contributed by atoms with Gasteiger partial charge in [-0.05, 0) is 0 Å². The molecule has 0 atom stereocenters. The quantitative estimate of drug-likeness (QED) is 0.416. The van der Waals surface area contributed by atoms with E-state index >= 15 is 0 Å². The zero-order chi connectivity index (χ0) is 4.28. The summed E-state index contributed by atoms with van der Waals surface area (Å²) in [5.74, 6) is -0.981. The van der Waals surface area contributed by atoms with Crippen LogP contribution in [0.5, 0.6) is 0 Å². The minimum absolute atomic E-state index is 0. The Hall–Kier alpha value is -0.167. The first kappa shape index (κ1) is 9.27. The van der Waals surface area contributed by atoms with Gasteiger partial charge in [0.1, 0.15) is 0 Å². The van der Waals surface area contributed by atoms with Crippen LogP contribution >= 0.6 is 0 Å². The van der Waals surface area contributed by atoms with Crippen LogP contribution in [0.25, 0.3) is 0 Å². The Balaban J connectivity index is 0. The van der Waals surface area contributed by atoms with E-state index in [1.807, 2.05) is 0 Å². The molecule has 0 aromatic heterocycles. The second-order valence-corrected chi connectivity index (χ2v) is 0.542. The average Bonchev–Trinajstić information content (AvgIpc) is 1.38. The van der Waals surface area contributed by atoms with Crippen molar-refractivity contribution in [2.45, 2.75) is 0 Å². The molecule has 0 aliphatic rings. The molecule has 1 N–H and O–H groups in total. The van der Waals surface area contributed by atoms with Crippen molar-refractivity contribution in [3.05, 3.63) is 12.7 Å². The maximum absolute atomic E-state index is 9.25. The molecule has 0 fully saturated rings. The van der Waals surface area contributed by atoms with Crippen LogP contribution in [0.3, 0.4) is 0 Å². The summed E-state index contributed by atoms with van der Waals surface area (Å²) in [6, 6.07) is 0. The van der Waals surface area contributed by atoms with E-state index in [0.717, 1.165) is 6.08 Å². The van der Waals surface area contributed by atoms with Gasteiger partial charge in [-0.1, -0.05) is 6.58 Å². The molecular formula is C3H4O2Zn. The molecule has 30 valence electrons. The van der Waals surface area contributed by atoms with Gasteiger partial charge in [-0.2, -0.15) is 0 Å². The number of carboxylic acid groups (broad SMARTS) is 1. The molecule has 0 unspecified atom stereocenters. The maximum atomic E-state index is 9.25. The van der Waals surface area contributed by atoms with Crippen LogP contribution in [0, 0.1) is 0 Å². The Morgan fingerprint density at radius 3 is 2.00 bits per heavy atom. The fourth-order valence-electron chi connectivity index (χ4n) is 0. The number of carbonyl (C=O) groups is 1. The predicted molar refractivity (Wildman–Crippen MR) is 17.8 cm³/mol. The van der Waals surface area contributed by atoms with E-state index in [1.54, 1.807) is 0 Å². The van der Waals surface area contributed by atoms with Crippen LogP contribution in [-0.2, 0) is 24.3 Å². The Bertz CT molecular complexity index is 59.8. The third-order valence-electron chi connectivity index (χ3n) is 0.175. The Kier molecular flexibility index (Phi) is 7.47. The molecule has 0 aromatic rings. The van der Waals surface area contributed by atoms with Gasteiger partial charge in [-0.15, -0.1) is 0 Å². The van der Waals surface area contributed by atoms with Gasteiger partial charge in [0.25, 0.3) is 0 Å². The van der Waals surface area contributed by atoms with E-state index in [2.05, 4.69) is 6.58 Å². The summed E-state index contributed by atoms with van der Waals surface area (Å²) < 4.78 is 0. The van der Waals surface area contributed by atoms with Crippen molar-refractivity contribution in [1.29, 1.82) is 0 Å². The number of aliphatic carboxylic acids is 1. The summed E-state index contributed by atoms with van der Waals surface area (Å²) >= 11 is 0. The zero-order valence-corrected chi connectivity index (χ0v) is 6.31. The average molecular weight is 137 g/mol. The van der Waals surface area contributed by atoms with Gasteiger partial charge < -0.3 is 5.11 Å². The predicted octanol–water partition coefficient (Wildman–Crippen LogP) is 0.254. The molecule has 3 heteroatoms. The first-order valence-electron chi connectivity index (χ1n) is 1.12. The van der Waals surface area contributed by atoms with E-state index in [-0.39, 0.29) is 19.5 Å². The minimum Gasteiger partial charge on any atom is -0.478 e. The van der Waals surface area contributed by atoms with Crippen molar-refractivity contribution in [3.63, 3.8) is 0 Å². The summed E-state index contributed by atoms with van der Waals surface area (Å²) in [6.45, 7) is 2.96. The van der Waals surface area contributed by atoms with E-state index in [0.29, 0.717) is 0 Å². The fraction of sp³-hybridized carbons (Fsp3) is 0. The van der Waals surface area contributed by atoms with Gasteiger partial charge in [-0.25, -0.2) is 4.79 Å². The van der Waals surface area contributed by atoms with Gasteiger partial charge in [-0.3, -0.25) is 0 Å². The molecular weight excluding hydrogens is 133 g/mol. The number of hydrogen-bond acceptors (Lipinski definition) is 1. The summed E-state index contributed by atoms with van der Waals surface area (Å²) in [5.41, 5.74) is 0. The molecule has 2 nitrogen and oxygen atoms in total. The monoisotopic (exact) mass is 136 g/mol. The standard InChI is InChI=1S/C3H4O2.Zn/c1-2-3(4)5;/h2H,1H2,(H,4,5);. The third kappa shape index (κ3) is 9.16. The molecule has 0 heterocycles. The van der Waals surface area contributed by atoms with Gasteiger partial charge in [0.2, 0.25) is 0 Å². The van der Waals surface area contributed by atoms with E-state index < -0.39 is 5.97 Å². The van der Waals surface area contributed by atoms with Crippen molar-refractivity contribution in [2.24, 2.45) is 0 Å². The third-order valence-corrected chi connectivity index (χ3v) is 0.175. The van der Waals surface area contributed by atoms with Gasteiger partial charge >= 0.3 is 5.97 Å². The Morgan fingerprint density at radius 1 is 1.83 bits per heavy atom. The van der Waals surface area contributed by atoms with Crippen LogP contribution in [-0.4, -0.2) is 11.1 Å². The summed E-state index contributed by atoms with van der Waals surface area (Å²) in [4.78, 5) is 9.25. The van der Waals surface area contributed by atoms with E-state index in [9.17, 15) is 4.79 Å². The summed E-state index contributed by atoms with van der Waals surface area (Å²) in [5, 5.41) is 7.60. The van der Waals surface area contributed by atoms with Crippen molar-refractivity contribution in [2.75, 3.05) is 0 Å². The largest absolute Gasteiger partial charge is 0.478 e. The van der Waals surface area contributed by atoms with Crippen molar-refractivity contribution in [1.82, 2.24) is 0 Å². The first-order valence-corrected chi connectivity index (χ1v) is 1.12. The summed E-state index contributed by atoms with van der Waals surface area (Å²) in [6.07, 6.45) is 0.833. The molecule has 0 bridgehead atoms. The molecule has 0 rings (SSSR count). The normalized spacial score (nSPS) is 5.33. The van der Waals surface area contributed by atoms with E-state index in [1.165, 1.54) is 0 Å². The van der Waals surface area contributed by atoms with E-state index in [4.69, 9.17) is 5.11 Å². The Labute approximate surface area is 48.6 Å². The second-order valence-electron chi connectivity index (χ2n) is 0.542. The smallest absolute Gasteiger partial charge is 0.327 e. The molecule has 6 heavy (non-hydrogen) atoms. The van der Waals surface area contributed by atoms with Crippen molar-refractivity contribution < 1.29 is 29.4 Å². The van der Waals surface area contributed by atoms with Gasteiger partial charge in [0.05, 0.1) is 0 Å². The molecule has 0 aliphatic heterocycles. The number of carboxylic acids is 1. The molecule has 0 saturated heterocycles. The first-order chi connectivity index (χ1) is 2.27. The van der Waals surface area contributed by atoms with Crippen LogP contribution in [0.4, 0.5) is 0 Å². The second kappa shape index (κ2) is 4.83. The molecule has 0 radical (unpaired) electrons. The fourth-order valence-corrected chi connectivity index (χ4v) is 0. The maximum Gasteiger partial charge on any atom is 0.327 e. The van der Waals surface area contributed by atoms with Gasteiger partial charge in [0.15, 0.2) is 0 Å². The summed E-state index contributed by atoms with van der Waals surface area (Å²) in [7, 11) is 0. The Morgan fingerprint density at radius 2 is 2.00 bits per heavy atom. The SMILES string of the molecule is C=CC(=O)O.[Zn]. The van der Waals surface area contributed by atoms with Crippen LogP contribution < -0.4 is 0 Å². The number of hydrogen-bond donors (Lipinski definition) is 1. The van der Waals surface area contributed by atoms with Gasteiger partial charge in [0, 0.05) is 25.6 Å². The van der Waals surface area contributed by atoms with Crippen LogP contribution in [0.15, 0.2) is 12.7 Å². The molecule has 0 saturated carbocycles. The topological polar surface area (TPSA) is 37.3 Å².